The van der Waals surface area contributed by atoms with Gasteiger partial charge in [0.25, 0.3) is 5.91 Å². The topological polar surface area (TPSA) is 41.4 Å². The fraction of sp³-hybridized carbons (Fsp3) is 0.583. The van der Waals surface area contributed by atoms with Crippen molar-refractivity contribution in [2.45, 2.75) is 65.3 Å². The Morgan fingerprint density at radius 2 is 1.67 bits per heavy atom. The van der Waals surface area contributed by atoms with Crippen molar-refractivity contribution in [1.29, 1.82) is 0 Å². The molecule has 0 aliphatic carbocycles. The van der Waals surface area contributed by atoms with Gasteiger partial charge in [-0.15, -0.1) is 0 Å². The van der Waals surface area contributed by atoms with E-state index in [1.807, 2.05) is 48.6 Å². The number of aryl methyl sites for hydroxylation is 2. The summed E-state index contributed by atoms with van der Waals surface area (Å²) in [7, 11) is 0. The molecule has 0 radical (unpaired) electrons. The SMILES string of the molecule is Cc1cc(Cl)ccc1-n1nc(C)c(C(=O)N2CCC(N3CCCCCC3)CC2)c1C. The lowest BCUT2D eigenvalue weighted by Crippen LogP contribution is -2.47. The third-order valence-corrected chi connectivity index (χ3v) is 7.04. The molecule has 0 N–H and O–H groups in total. The second-order valence-corrected chi connectivity index (χ2v) is 9.30. The van der Waals surface area contributed by atoms with E-state index in [-0.39, 0.29) is 5.91 Å². The lowest BCUT2D eigenvalue weighted by molar-refractivity contribution is 0.0621. The van der Waals surface area contributed by atoms with E-state index in [0.29, 0.717) is 11.1 Å². The van der Waals surface area contributed by atoms with Gasteiger partial charge >= 0.3 is 0 Å². The van der Waals surface area contributed by atoms with E-state index < -0.39 is 0 Å². The van der Waals surface area contributed by atoms with Crippen LogP contribution in [0.1, 0.15) is 65.8 Å². The molecular weight excluding hydrogens is 396 g/mol. The van der Waals surface area contributed by atoms with Crippen LogP contribution in [-0.4, -0.2) is 57.7 Å². The summed E-state index contributed by atoms with van der Waals surface area (Å²) in [6.45, 7) is 10.1. The molecule has 2 saturated heterocycles. The van der Waals surface area contributed by atoms with Crippen LogP contribution in [0.3, 0.4) is 0 Å². The molecule has 6 heteroatoms. The van der Waals surface area contributed by atoms with Crippen molar-refractivity contribution in [3.63, 3.8) is 0 Å². The first-order valence-electron chi connectivity index (χ1n) is 11.3. The van der Waals surface area contributed by atoms with Gasteiger partial charge < -0.3 is 9.80 Å². The van der Waals surface area contributed by atoms with Gasteiger partial charge in [-0.1, -0.05) is 24.4 Å². The minimum Gasteiger partial charge on any atom is -0.338 e. The van der Waals surface area contributed by atoms with Gasteiger partial charge in [0, 0.05) is 24.2 Å². The standard InChI is InChI=1S/C24H33ClN4O/c1-17-16-20(25)8-9-22(17)29-19(3)23(18(2)26-29)24(30)28-14-10-21(11-15-28)27-12-6-4-5-7-13-27/h8-9,16,21H,4-7,10-15H2,1-3H3. The number of amides is 1. The number of aromatic nitrogens is 2. The van der Waals surface area contributed by atoms with Crippen molar-refractivity contribution in [2.75, 3.05) is 26.2 Å². The maximum Gasteiger partial charge on any atom is 0.257 e. The second-order valence-electron chi connectivity index (χ2n) is 8.86. The minimum absolute atomic E-state index is 0.122. The fourth-order valence-electron chi connectivity index (χ4n) is 5.10. The number of likely N-dealkylation sites (tertiary alicyclic amines) is 2. The van der Waals surface area contributed by atoms with Crippen molar-refractivity contribution < 1.29 is 4.79 Å². The van der Waals surface area contributed by atoms with Gasteiger partial charge in [-0.25, -0.2) is 4.68 Å². The van der Waals surface area contributed by atoms with E-state index in [1.54, 1.807) is 0 Å². The van der Waals surface area contributed by atoms with Crippen molar-refractivity contribution in [1.82, 2.24) is 19.6 Å². The summed E-state index contributed by atoms with van der Waals surface area (Å²) in [5.74, 6) is 0.122. The molecule has 5 nitrogen and oxygen atoms in total. The Kier molecular flexibility index (Phi) is 6.49. The molecule has 3 heterocycles. The molecule has 2 aliphatic rings. The maximum atomic E-state index is 13.4. The molecule has 30 heavy (non-hydrogen) atoms. The molecule has 0 spiro atoms. The fourth-order valence-corrected chi connectivity index (χ4v) is 5.32. The van der Waals surface area contributed by atoms with Crippen LogP contribution in [-0.2, 0) is 0 Å². The maximum absolute atomic E-state index is 13.4. The monoisotopic (exact) mass is 428 g/mol. The normalized spacial score (nSPS) is 19.1. The van der Waals surface area contributed by atoms with E-state index in [2.05, 4.69) is 4.90 Å². The van der Waals surface area contributed by atoms with Gasteiger partial charge in [0.2, 0.25) is 0 Å². The highest BCUT2D eigenvalue weighted by molar-refractivity contribution is 6.30. The molecular formula is C24H33ClN4O. The summed E-state index contributed by atoms with van der Waals surface area (Å²) in [5, 5.41) is 5.41. The largest absolute Gasteiger partial charge is 0.338 e. The average Bonchev–Trinajstić information content (AvgIpc) is 2.91. The molecule has 162 valence electrons. The van der Waals surface area contributed by atoms with Crippen LogP contribution in [0.5, 0.6) is 0 Å². The molecule has 4 rings (SSSR count). The third kappa shape index (κ3) is 4.28. The molecule has 0 atom stereocenters. The van der Waals surface area contributed by atoms with Crippen LogP contribution < -0.4 is 0 Å². The predicted molar refractivity (Wildman–Crippen MR) is 122 cm³/mol. The molecule has 0 unspecified atom stereocenters. The molecule has 2 aromatic rings. The van der Waals surface area contributed by atoms with Crippen LogP contribution in [0.2, 0.25) is 5.02 Å². The van der Waals surface area contributed by atoms with E-state index >= 15 is 0 Å². The van der Waals surface area contributed by atoms with Gasteiger partial charge in [-0.2, -0.15) is 5.10 Å². The van der Waals surface area contributed by atoms with Crippen LogP contribution in [0.15, 0.2) is 18.2 Å². The Morgan fingerprint density at radius 3 is 2.30 bits per heavy atom. The number of halogens is 1. The van der Waals surface area contributed by atoms with Crippen molar-refractivity contribution >= 4 is 17.5 Å². The first-order valence-corrected chi connectivity index (χ1v) is 11.7. The number of nitrogens with zero attached hydrogens (tertiary/aromatic N) is 4. The minimum atomic E-state index is 0.122. The van der Waals surface area contributed by atoms with Crippen molar-refractivity contribution in [2.24, 2.45) is 0 Å². The quantitative estimate of drug-likeness (QED) is 0.695. The lowest BCUT2D eigenvalue weighted by Gasteiger charge is -2.38. The van der Waals surface area contributed by atoms with Crippen LogP contribution >= 0.6 is 11.6 Å². The number of hydrogen-bond acceptors (Lipinski definition) is 3. The zero-order valence-electron chi connectivity index (χ0n) is 18.5. The Labute approximate surface area is 185 Å². The molecule has 2 aliphatic heterocycles. The summed E-state index contributed by atoms with van der Waals surface area (Å²) >= 11 is 6.12. The number of carbonyl (C=O) groups is 1. The Bertz CT molecular complexity index is 906. The summed E-state index contributed by atoms with van der Waals surface area (Å²) in [6, 6.07) is 6.41. The van der Waals surface area contributed by atoms with Gasteiger partial charge in [-0.05, 0) is 83.3 Å². The number of benzene rings is 1. The number of rotatable bonds is 3. The first kappa shape index (κ1) is 21.4. The van der Waals surface area contributed by atoms with Gasteiger partial charge in [0.1, 0.15) is 0 Å². The molecule has 2 fully saturated rings. The lowest BCUT2D eigenvalue weighted by atomic mass is 10.0. The van der Waals surface area contributed by atoms with E-state index in [1.165, 1.54) is 38.8 Å². The predicted octanol–water partition coefficient (Wildman–Crippen LogP) is 4.93. The zero-order chi connectivity index (χ0) is 21.3. The smallest absolute Gasteiger partial charge is 0.257 e. The summed E-state index contributed by atoms with van der Waals surface area (Å²) in [5.41, 5.74) is 4.46. The van der Waals surface area contributed by atoms with Gasteiger partial charge in [-0.3, -0.25) is 4.79 Å². The average molecular weight is 429 g/mol. The molecule has 1 amide bonds. The third-order valence-electron chi connectivity index (χ3n) is 6.80. The highest BCUT2D eigenvalue weighted by Gasteiger charge is 2.30. The highest BCUT2D eigenvalue weighted by atomic mass is 35.5. The first-order chi connectivity index (χ1) is 14.5. The number of hydrogen-bond donors (Lipinski definition) is 0. The Balaban J connectivity index is 1.48. The summed E-state index contributed by atoms with van der Waals surface area (Å²) in [4.78, 5) is 18.1. The summed E-state index contributed by atoms with van der Waals surface area (Å²) in [6.07, 6.45) is 7.52. The van der Waals surface area contributed by atoms with E-state index in [9.17, 15) is 4.79 Å². The van der Waals surface area contributed by atoms with Gasteiger partial charge in [0.15, 0.2) is 0 Å². The second kappa shape index (κ2) is 9.11. The van der Waals surface area contributed by atoms with E-state index in [0.717, 1.165) is 54.1 Å². The van der Waals surface area contributed by atoms with Crippen molar-refractivity contribution in [3.05, 3.63) is 45.7 Å². The van der Waals surface area contributed by atoms with Crippen LogP contribution in [0.4, 0.5) is 0 Å². The van der Waals surface area contributed by atoms with Crippen molar-refractivity contribution in [3.8, 4) is 5.69 Å². The summed E-state index contributed by atoms with van der Waals surface area (Å²) < 4.78 is 1.89. The zero-order valence-corrected chi connectivity index (χ0v) is 19.2. The van der Waals surface area contributed by atoms with Crippen LogP contribution in [0, 0.1) is 20.8 Å². The Morgan fingerprint density at radius 1 is 1.00 bits per heavy atom. The van der Waals surface area contributed by atoms with E-state index in [4.69, 9.17) is 16.7 Å². The highest BCUT2D eigenvalue weighted by Crippen LogP contribution is 2.26. The number of piperidine rings is 1. The molecule has 0 saturated carbocycles. The molecule has 1 aromatic carbocycles. The molecule has 0 bridgehead atoms. The Hall–Kier alpha value is -1.85. The number of carbonyl (C=O) groups excluding carboxylic acids is 1. The van der Waals surface area contributed by atoms with Gasteiger partial charge in [0.05, 0.1) is 22.6 Å². The molecule has 1 aromatic heterocycles. The van der Waals surface area contributed by atoms with Crippen LogP contribution in [0.25, 0.3) is 5.69 Å².